The molecule has 2 aliphatic heterocycles. The Hall–Kier alpha value is -0.360. The van der Waals surface area contributed by atoms with Gasteiger partial charge in [-0.2, -0.15) is 0 Å². The van der Waals surface area contributed by atoms with E-state index in [-0.39, 0.29) is 24.2 Å². The molecule has 2 aliphatic rings. The minimum atomic E-state index is 0. The molecule has 2 fully saturated rings. The van der Waals surface area contributed by atoms with Crippen molar-refractivity contribution in [2.45, 2.75) is 12.8 Å². The maximum atomic E-state index is 11.9. The number of piperidine rings is 1. The van der Waals surface area contributed by atoms with E-state index in [4.69, 9.17) is 4.74 Å². The number of carbonyl (C=O) groups is 1. The number of amides is 1. The molecule has 18 heavy (non-hydrogen) atoms. The second-order valence-corrected chi connectivity index (χ2v) is 4.77. The molecule has 0 aliphatic carbocycles. The predicted molar refractivity (Wildman–Crippen MR) is 73.1 cm³/mol. The van der Waals surface area contributed by atoms with Crippen molar-refractivity contribution in [1.82, 2.24) is 15.5 Å². The molecule has 6 heteroatoms. The number of ether oxygens (including phenoxy) is 1. The van der Waals surface area contributed by atoms with Crippen LogP contribution in [0, 0.1) is 5.92 Å². The van der Waals surface area contributed by atoms with Gasteiger partial charge in [0.2, 0.25) is 5.91 Å². The summed E-state index contributed by atoms with van der Waals surface area (Å²) in [6.45, 7) is 7.28. The molecule has 106 valence electrons. The van der Waals surface area contributed by atoms with Gasteiger partial charge in [-0.1, -0.05) is 0 Å². The van der Waals surface area contributed by atoms with Crippen LogP contribution in [0.2, 0.25) is 0 Å². The Morgan fingerprint density at radius 3 is 2.61 bits per heavy atom. The van der Waals surface area contributed by atoms with Gasteiger partial charge in [0.05, 0.1) is 13.2 Å². The number of hydrogen-bond donors (Lipinski definition) is 2. The summed E-state index contributed by atoms with van der Waals surface area (Å²) < 4.78 is 5.29. The van der Waals surface area contributed by atoms with E-state index in [2.05, 4.69) is 15.5 Å². The Morgan fingerprint density at radius 2 is 1.94 bits per heavy atom. The van der Waals surface area contributed by atoms with Crippen LogP contribution in [-0.2, 0) is 9.53 Å². The highest BCUT2D eigenvalue weighted by Gasteiger charge is 2.20. The number of carbonyl (C=O) groups excluding carboxylic acids is 1. The van der Waals surface area contributed by atoms with Crippen molar-refractivity contribution in [3.63, 3.8) is 0 Å². The molecule has 0 unspecified atom stereocenters. The van der Waals surface area contributed by atoms with Crippen molar-refractivity contribution in [3.8, 4) is 0 Å². The summed E-state index contributed by atoms with van der Waals surface area (Å²) in [5, 5.41) is 6.33. The maximum absolute atomic E-state index is 11.9. The van der Waals surface area contributed by atoms with Gasteiger partial charge in [0, 0.05) is 32.1 Å². The Bertz CT molecular complexity index is 241. The Labute approximate surface area is 115 Å². The molecule has 2 N–H and O–H groups in total. The van der Waals surface area contributed by atoms with Crippen LogP contribution < -0.4 is 10.6 Å². The summed E-state index contributed by atoms with van der Waals surface area (Å²) in [5.74, 6) is 0.459. The van der Waals surface area contributed by atoms with Crippen LogP contribution in [0.1, 0.15) is 12.8 Å². The van der Waals surface area contributed by atoms with Gasteiger partial charge in [0.25, 0.3) is 0 Å². The van der Waals surface area contributed by atoms with Gasteiger partial charge >= 0.3 is 0 Å². The Morgan fingerprint density at radius 1 is 1.28 bits per heavy atom. The number of halogens is 1. The van der Waals surface area contributed by atoms with Crippen LogP contribution in [0.25, 0.3) is 0 Å². The molecule has 0 saturated carbocycles. The van der Waals surface area contributed by atoms with E-state index in [1.165, 1.54) is 0 Å². The van der Waals surface area contributed by atoms with Crippen molar-refractivity contribution in [3.05, 3.63) is 0 Å². The third-order valence-electron chi connectivity index (χ3n) is 3.54. The lowest BCUT2D eigenvalue weighted by Gasteiger charge is -2.27. The zero-order valence-electron chi connectivity index (χ0n) is 10.8. The third-order valence-corrected chi connectivity index (χ3v) is 3.54. The van der Waals surface area contributed by atoms with E-state index in [1.54, 1.807) is 0 Å². The van der Waals surface area contributed by atoms with Gasteiger partial charge in [-0.05, 0) is 25.9 Å². The summed E-state index contributed by atoms with van der Waals surface area (Å²) >= 11 is 0. The lowest BCUT2D eigenvalue weighted by molar-refractivity contribution is -0.125. The highest BCUT2D eigenvalue weighted by Crippen LogP contribution is 2.10. The largest absolute Gasteiger partial charge is 0.379 e. The first-order valence-corrected chi connectivity index (χ1v) is 6.65. The van der Waals surface area contributed by atoms with Crippen molar-refractivity contribution in [2.24, 2.45) is 5.92 Å². The Kier molecular flexibility index (Phi) is 7.58. The molecule has 2 heterocycles. The minimum absolute atomic E-state index is 0. The topological polar surface area (TPSA) is 53.6 Å². The van der Waals surface area contributed by atoms with Crippen molar-refractivity contribution in [2.75, 3.05) is 52.5 Å². The summed E-state index contributed by atoms with van der Waals surface area (Å²) in [5.41, 5.74) is 0. The quantitative estimate of drug-likeness (QED) is 0.751. The van der Waals surface area contributed by atoms with Crippen LogP contribution in [0.5, 0.6) is 0 Å². The average molecular weight is 278 g/mol. The Balaban J connectivity index is 0.00000162. The molecule has 0 spiro atoms. The second kappa shape index (κ2) is 8.69. The van der Waals surface area contributed by atoms with Gasteiger partial charge in [-0.25, -0.2) is 0 Å². The van der Waals surface area contributed by atoms with E-state index in [0.29, 0.717) is 0 Å². The van der Waals surface area contributed by atoms with Crippen molar-refractivity contribution >= 4 is 18.3 Å². The minimum Gasteiger partial charge on any atom is -0.379 e. The van der Waals surface area contributed by atoms with E-state index < -0.39 is 0 Å². The highest BCUT2D eigenvalue weighted by atomic mass is 35.5. The first-order chi connectivity index (χ1) is 8.36. The predicted octanol–water partition coefficient (Wildman–Crippen LogP) is -0.144. The van der Waals surface area contributed by atoms with E-state index >= 15 is 0 Å². The SMILES string of the molecule is Cl.O=C(NCCN1CCOCC1)C1CCNCC1. The molecular formula is C12H24ClN3O2. The second-order valence-electron chi connectivity index (χ2n) is 4.77. The zero-order valence-corrected chi connectivity index (χ0v) is 11.6. The fraction of sp³-hybridized carbons (Fsp3) is 0.917. The van der Waals surface area contributed by atoms with Crippen LogP contribution >= 0.6 is 12.4 Å². The molecule has 2 rings (SSSR count). The van der Waals surface area contributed by atoms with E-state index in [1.807, 2.05) is 0 Å². The van der Waals surface area contributed by atoms with Crippen LogP contribution in [0.3, 0.4) is 0 Å². The number of morpholine rings is 1. The molecule has 2 saturated heterocycles. The average Bonchev–Trinajstić information content (AvgIpc) is 2.41. The molecular weight excluding hydrogens is 254 g/mol. The van der Waals surface area contributed by atoms with Gasteiger partial charge in [0.15, 0.2) is 0 Å². The van der Waals surface area contributed by atoms with Crippen LogP contribution in [-0.4, -0.2) is 63.3 Å². The van der Waals surface area contributed by atoms with Crippen LogP contribution in [0.15, 0.2) is 0 Å². The first-order valence-electron chi connectivity index (χ1n) is 6.65. The first kappa shape index (κ1) is 15.7. The van der Waals surface area contributed by atoms with Crippen molar-refractivity contribution in [1.29, 1.82) is 0 Å². The summed E-state index contributed by atoms with van der Waals surface area (Å²) in [6.07, 6.45) is 1.95. The lowest BCUT2D eigenvalue weighted by atomic mass is 9.97. The van der Waals surface area contributed by atoms with E-state index in [9.17, 15) is 4.79 Å². The molecule has 0 aromatic rings. The van der Waals surface area contributed by atoms with Gasteiger partial charge in [-0.15, -0.1) is 12.4 Å². The highest BCUT2D eigenvalue weighted by molar-refractivity contribution is 5.85. The van der Waals surface area contributed by atoms with Crippen molar-refractivity contribution < 1.29 is 9.53 Å². The molecule has 0 aromatic carbocycles. The number of hydrogen-bond acceptors (Lipinski definition) is 4. The number of nitrogens with one attached hydrogen (secondary N) is 2. The van der Waals surface area contributed by atoms with Crippen LogP contribution in [0.4, 0.5) is 0 Å². The van der Waals surface area contributed by atoms with Gasteiger partial charge in [0.1, 0.15) is 0 Å². The van der Waals surface area contributed by atoms with E-state index in [0.717, 1.165) is 65.3 Å². The normalized spacial score (nSPS) is 22.2. The smallest absolute Gasteiger partial charge is 0.223 e. The molecule has 1 amide bonds. The van der Waals surface area contributed by atoms with Gasteiger partial charge in [-0.3, -0.25) is 9.69 Å². The molecule has 5 nitrogen and oxygen atoms in total. The number of nitrogens with zero attached hydrogens (tertiary/aromatic N) is 1. The molecule has 0 bridgehead atoms. The molecule has 0 aromatic heterocycles. The van der Waals surface area contributed by atoms with Gasteiger partial charge < -0.3 is 15.4 Å². The fourth-order valence-corrected chi connectivity index (χ4v) is 2.39. The lowest BCUT2D eigenvalue weighted by Crippen LogP contribution is -2.43. The monoisotopic (exact) mass is 277 g/mol. The molecule has 0 atom stereocenters. The summed E-state index contributed by atoms with van der Waals surface area (Å²) in [6, 6.07) is 0. The maximum Gasteiger partial charge on any atom is 0.223 e. The summed E-state index contributed by atoms with van der Waals surface area (Å²) in [4.78, 5) is 14.2. The molecule has 0 radical (unpaired) electrons. The zero-order chi connectivity index (χ0) is 11.9. The fourth-order valence-electron chi connectivity index (χ4n) is 2.39. The summed E-state index contributed by atoms with van der Waals surface area (Å²) in [7, 11) is 0. The standard InChI is InChI=1S/C12H23N3O2.ClH/c16-12(11-1-3-13-4-2-11)14-5-6-15-7-9-17-10-8-15;/h11,13H,1-10H2,(H,14,16);1H. The third kappa shape index (κ3) is 5.10. The number of rotatable bonds is 4.